The number of rotatable bonds is 7. The van der Waals surface area contributed by atoms with E-state index in [2.05, 4.69) is 35.2 Å². The van der Waals surface area contributed by atoms with Crippen molar-refractivity contribution in [3.63, 3.8) is 0 Å². The monoisotopic (exact) mass is 397 g/mol. The van der Waals surface area contributed by atoms with Gasteiger partial charge in [-0.25, -0.2) is 4.79 Å². The largest absolute Gasteiger partial charge is 0.478 e. The molecule has 0 unspecified atom stereocenters. The molecule has 1 heterocycles. The molecule has 4 rings (SSSR count). The van der Waals surface area contributed by atoms with Gasteiger partial charge in [0.05, 0.1) is 10.6 Å². The zero-order valence-corrected chi connectivity index (χ0v) is 16.9. The molecule has 3 nitrogen and oxygen atoms in total. The van der Waals surface area contributed by atoms with Gasteiger partial charge in [0, 0.05) is 6.54 Å². The molecule has 0 radical (unpaired) electrons. The number of likely N-dealkylation sites (tertiary alicyclic amines) is 1. The molecule has 2 aromatic rings. The third-order valence-corrected chi connectivity index (χ3v) is 6.79. The van der Waals surface area contributed by atoms with Gasteiger partial charge in [0.2, 0.25) is 0 Å². The van der Waals surface area contributed by atoms with Crippen LogP contribution in [-0.2, 0) is 6.54 Å². The van der Waals surface area contributed by atoms with Gasteiger partial charge >= 0.3 is 5.97 Å². The van der Waals surface area contributed by atoms with Gasteiger partial charge in [-0.05, 0) is 79.8 Å². The topological polar surface area (TPSA) is 40.5 Å². The summed E-state index contributed by atoms with van der Waals surface area (Å²) in [6.07, 6.45) is 6.64. The van der Waals surface area contributed by atoms with E-state index in [0.29, 0.717) is 5.02 Å². The molecule has 4 heteroatoms. The SMILES string of the molecule is O=C(O)c1ccc(CN2CCC(CC[C@@H]3C[C@H]3c3ccccc3)CC2)cc1Cl. The Kier molecular flexibility index (Phi) is 6.03. The van der Waals surface area contributed by atoms with Crippen LogP contribution in [0.1, 0.15) is 59.5 Å². The molecule has 1 saturated carbocycles. The zero-order chi connectivity index (χ0) is 19.5. The molecule has 28 heavy (non-hydrogen) atoms. The van der Waals surface area contributed by atoms with E-state index in [-0.39, 0.29) is 5.56 Å². The van der Waals surface area contributed by atoms with Crippen LogP contribution < -0.4 is 0 Å². The second kappa shape index (κ2) is 8.67. The Morgan fingerprint density at radius 3 is 2.50 bits per heavy atom. The predicted octanol–water partition coefficient (Wildman–Crippen LogP) is 5.83. The summed E-state index contributed by atoms with van der Waals surface area (Å²) in [6, 6.07) is 16.3. The highest BCUT2D eigenvalue weighted by Gasteiger charge is 2.37. The van der Waals surface area contributed by atoms with E-state index in [0.717, 1.165) is 43.0 Å². The minimum atomic E-state index is -0.970. The van der Waals surface area contributed by atoms with E-state index < -0.39 is 5.97 Å². The molecule has 0 amide bonds. The fourth-order valence-electron chi connectivity index (χ4n) is 4.65. The second-order valence-electron chi connectivity index (χ2n) is 8.43. The molecule has 1 saturated heterocycles. The molecule has 2 atom stereocenters. The van der Waals surface area contributed by atoms with E-state index in [1.54, 1.807) is 12.1 Å². The summed E-state index contributed by atoms with van der Waals surface area (Å²) in [7, 11) is 0. The number of hydrogen-bond acceptors (Lipinski definition) is 2. The molecule has 1 aliphatic heterocycles. The molecule has 0 aromatic heterocycles. The Bertz CT molecular complexity index is 815. The number of aromatic carboxylic acids is 1. The lowest BCUT2D eigenvalue weighted by atomic mass is 9.90. The summed E-state index contributed by atoms with van der Waals surface area (Å²) in [5, 5.41) is 9.42. The highest BCUT2D eigenvalue weighted by molar-refractivity contribution is 6.33. The molecular weight excluding hydrogens is 370 g/mol. The summed E-state index contributed by atoms with van der Waals surface area (Å²) >= 11 is 6.10. The maximum absolute atomic E-state index is 11.1. The van der Waals surface area contributed by atoms with Gasteiger partial charge < -0.3 is 5.11 Å². The van der Waals surface area contributed by atoms with Crippen molar-refractivity contribution >= 4 is 17.6 Å². The van der Waals surface area contributed by atoms with Gasteiger partial charge in [-0.1, -0.05) is 54.4 Å². The quantitative estimate of drug-likeness (QED) is 0.638. The Hall–Kier alpha value is -1.84. The van der Waals surface area contributed by atoms with Crippen molar-refractivity contribution in [2.75, 3.05) is 13.1 Å². The van der Waals surface area contributed by atoms with Crippen LogP contribution in [0.3, 0.4) is 0 Å². The van der Waals surface area contributed by atoms with Crippen LogP contribution in [0.4, 0.5) is 0 Å². The van der Waals surface area contributed by atoms with Crippen LogP contribution in [0, 0.1) is 11.8 Å². The number of hydrogen-bond donors (Lipinski definition) is 1. The number of halogens is 1. The van der Waals surface area contributed by atoms with Crippen molar-refractivity contribution in [3.8, 4) is 0 Å². The minimum absolute atomic E-state index is 0.179. The maximum atomic E-state index is 11.1. The number of nitrogens with zero attached hydrogens (tertiary/aromatic N) is 1. The lowest BCUT2D eigenvalue weighted by Gasteiger charge is -2.32. The normalized spacial score (nSPS) is 22.9. The van der Waals surface area contributed by atoms with Crippen LogP contribution >= 0.6 is 11.6 Å². The van der Waals surface area contributed by atoms with Crippen LogP contribution in [0.2, 0.25) is 5.02 Å². The smallest absolute Gasteiger partial charge is 0.337 e. The summed E-state index contributed by atoms with van der Waals surface area (Å²) in [6.45, 7) is 3.09. The van der Waals surface area contributed by atoms with E-state index >= 15 is 0 Å². The second-order valence-corrected chi connectivity index (χ2v) is 8.84. The highest BCUT2D eigenvalue weighted by Crippen LogP contribution is 2.50. The summed E-state index contributed by atoms with van der Waals surface area (Å²) in [5.74, 6) is 1.59. The highest BCUT2D eigenvalue weighted by atomic mass is 35.5. The molecule has 1 aliphatic carbocycles. The molecule has 1 N–H and O–H groups in total. The molecule has 0 spiro atoms. The van der Waals surface area contributed by atoms with E-state index in [9.17, 15) is 4.79 Å². The van der Waals surface area contributed by atoms with Gasteiger partial charge in [0.15, 0.2) is 0 Å². The van der Waals surface area contributed by atoms with Crippen molar-refractivity contribution in [2.24, 2.45) is 11.8 Å². The number of carboxylic acid groups (broad SMARTS) is 1. The van der Waals surface area contributed by atoms with Crippen molar-refractivity contribution in [2.45, 2.75) is 44.6 Å². The van der Waals surface area contributed by atoms with E-state index in [1.165, 1.54) is 37.7 Å². The van der Waals surface area contributed by atoms with Gasteiger partial charge in [-0.15, -0.1) is 0 Å². The van der Waals surface area contributed by atoms with Gasteiger partial charge in [0.25, 0.3) is 0 Å². The average Bonchev–Trinajstić information content (AvgIpc) is 3.48. The molecular formula is C24H28ClNO2. The van der Waals surface area contributed by atoms with Gasteiger partial charge in [0.1, 0.15) is 0 Å². The first kappa shape index (κ1) is 19.5. The van der Waals surface area contributed by atoms with Gasteiger partial charge in [-0.3, -0.25) is 4.90 Å². The summed E-state index contributed by atoms with van der Waals surface area (Å²) < 4.78 is 0. The Balaban J connectivity index is 1.19. The molecule has 2 fully saturated rings. The third kappa shape index (κ3) is 4.76. The minimum Gasteiger partial charge on any atom is -0.478 e. The molecule has 0 bridgehead atoms. The maximum Gasteiger partial charge on any atom is 0.337 e. The third-order valence-electron chi connectivity index (χ3n) is 6.47. The van der Waals surface area contributed by atoms with Gasteiger partial charge in [-0.2, -0.15) is 0 Å². The standard InChI is InChI=1S/C24H28ClNO2/c25-23-14-18(7-9-21(23)24(27)28)16-26-12-10-17(11-13-26)6-8-20-15-22(20)19-4-2-1-3-5-19/h1-5,7,9,14,17,20,22H,6,8,10-13,15-16H2,(H,27,28)/t20-,22+/m1/s1. The Morgan fingerprint density at radius 2 is 1.82 bits per heavy atom. The fourth-order valence-corrected chi connectivity index (χ4v) is 4.93. The molecule has 2 aliphatic rings. The van der Waals surface area contributed by atoms with Crippen molar-refractivity contribution in [3.05, 3.63) is 70.2 Å². The Morgan fingerprint density at radius 1 is 1.07 bits per heavy atom. The van der Waals surface area contributed by atoms with E-state index in [1.807, 2.05) is 6.07 Å². The predicted molar refractivity (Wildman–Crippen MR) is 113 cm³/mol. The lowest BCUT2D eigenvalue weighted by Crippen LogP contribution is -2.33. The zero-order valence-electron chi connectivity index (χ0n) is 16.2. The summed E-state index contributed by atoms with van der Waals surface area (Å²) in [5.41, 5.74) is 2.80. The first-order chi connectivity index (χ1) is 13.6. The number of carbonyl (C=O) groups is 1. The summed E-state index contributed by atoms with van der Waals surface area (Å²) in [4.78, 5) is 13.5. The van der Waals surface area contributed by atoms with Crippen molar-refractivity contribution in [1.82, 2.24) is 4.90 Å². The first-order valence-corrected chi connectivity index (χ1v) is 10.8. The molecule has 148 valence electrons. The van der Waals surface area contributed by atoms with Crippen LogP contribution in [0.5, 0.6) is 0 Å². The lowest BCUT2D eigenvalue weighted by molar-refractivity contribution is 0.0697. The Labute approximate surface area is 172 Å². The van der Waals surface area contributed by atoms with Crippen LogP contribution in [-0.4, -0.2) is 29.1 Å². The number of piperidine rings is 1. The van der Waals surface area contributed by atoms with Crippen molar-refractivity contribution in [1.29, 1.82) is 0 Å². The van der Waals surface area contributed by atoms with E-state index in [4.69, 9.17) is 16.7 Å². The number of carboxylic acids is 1. The molecule has 2 aromatic carbocycles. The average molecular weight is 398 g/mol. The fraction of sp³-hybridized carbons (Fsp3) is 0.458. The van der Waals surface area contributed by atoms with Crippen LogP contribution in [0.15, 0.2) is 48.5 Å². The van der Waals surface area contributed by atoms with Crippen molar-refractivity contribution < 1.29 is 9.90 Å². The first-order valence-electron chi connectivity index (χ1n) is 10.4. The van der Waals surface area contributed by atoms with Crippen LogP contribution in [0.25, 0.3) is 0 Å². The number of benzene rings is 2.